The lowest BCUT2D eigenvalue weighted by Gasteiger charge is -2.39. The average molecular weight is 218 g/mol. The number of carbonyl (C=O) groups is 1. The van der Waals surface area contributed by atoms with Crippen LogP contribution in [0.3, 0.4) is 0 Å². The third kappa shape index (κ3) is 1.78. The second kappa shape index (κ2) is 3.96. The van der Waals surface area contributed by atoms with Crippen LogP contribution in [0, 0.1) is 6.92 Å². The molecule has 0 atom stereocenters. The van der Waals surface area contributed by atoms with Crippen LogP contribution in [-0.2, 0) is 4.79 Å². The van der Waals surface area contributed by atoms with Crippen molar-refractivity contribution in [3.8, 4) is 0 Å². The van der Waals surface area contributed by atoms with E-state index < -0.39 is 0 Å². The molecule has 0 unspecified atom stereocenters. The van der Waals surface area contributed by atoms with Crippen LogP contribution in [0.5, 0.6) is 0 Å². The maximum atomic E-state index is 11.6. The number of pyridine rings is 1. The zero-order valence-electron chi connectivity index (χ0n) is 9.22. The van der Waals surface area contributed by atoms with Crippen LogP contribution in [0.2, 0.25) is 0 Å². The van der Waals surface area contributed by atoms with Crippen molar-refractivity contribution in [1.29, 1.82) is 0 Å². The van der Waals surface area contributed by atoms with E-state index in [1.165, 1.54) is 6.08 Å². The van der Waals surface area contributed by atoms with E-state index in [1.807, 2.05) is 13.1 Å². The van der Waals surface area contributed by atoms with Gasteiger partial charge in [-0.2, -0.15) is 0 Å². The number of amides is 1. The lowest BCUT2D eigenvalue weighted by Crippen LogP contribution is -2.52. The van der Waals surface area contributed by atoms with Gasteiger partial charge in [-0.1, -0.05) is 12.6 Å². The lowest BCUT2D eigenvalue weighted by molar-refractivity contribution is -0.131. The van der Waals surface area contributed by atoms with Gasteiger partial charge in [0, 0.05) is 25.4 Å². The summed E-state index contributed by atoms with van der Waals surface area (Å²) in [7, 11) is 0. The standard InChI is InChI=1S/C12H14N2O2/c1-3-11(15)13-7-10(8-13)14-6-9(2)4-5-12(14)16/h3-6,10H,1,7-8H2,2H3. The number of hydrogen-bond donors (Lipinski definition) is 0. The Morgan fingerprint density at radius 3 is 2.81 bits per heavy atom. The first-order valence-corrected chi connectivity index (χ1v) is 5.22. The first kappa shape index (κ1) is 10.7. The van der Waals surface area contributed by atoms with E-state index in [0.29, 0.717) is 13.1 Å². The molecule has 0 bridgehead atoms. The Balaban J connectivity index is 2.12. The SMILES string of the molecule is C=CC(=O)N1CC(n2cc(C)ccc2=O)C1. The van der Waals surface area contributed by atoms with Crippen molar-refractivity contribution in [2.75, 3.05) is 13.1 Å². The van der Waals surface area contributed by atoms with Gasteiger partial charge in [-0.15, -0.1) is 0 Å². The number of nitrogens with zero attached hydrogens (tertiary/aromatic N) is 2. The number of aromatic nitrogens is 1. The van der Waals surface area contributed by atoms with E-state index in [-0.39, 0.29) is 17.5 Å². The Morgan fingerprint density at radius 2 is 2.19 bits per heavy atom. The summed E-state index contributed by atoms with van der Waals surface area (Å²) in [5.74, 6) is -0.0723. The van der Waals surface area contributed by atoms with Crippen molar-refractivity contribution in [2.45, 2.75) is 13.0 Å². The van der Waals surface area contributed by atoms with Gasteiger partial charge in [0.25, 0.3) is 5.56 Å². The molecule has 0 saturated carbocycles. The van der Waals surface area contributed by atoms with E-state index in [2.05, 4.69) is 6.58 Å². The fourth-order valence-electron chi connectivity index (χ4n) is 1.84. The van der Waals surface area contributed by atoms with Gasteiger partial charge in [0.1, 0.15) is 0 Å². The Bertz CT molecular complexity index is 484. The molecule has 2 heterocycles. The molecule has 0 spiro atoms. The van der Waals surface area contributed by atoms with Crippen molar-refractivity contribution in [1.82, 2.24) is 9.47 Å². The Hall–Kier alpha value is -1.84. The molecule has 1 aromatic rings. The topological polar surface area (TPSA) is 42.3 Å². The molecule has 1 fully saturated rings. The number of aryl methyl sites for hydroxylation is 1. The summed E-state index contributed by atoms with van der Waals surface area (Å²) in [5, 5.41) is 0. The van der Waals surface area contributed by atoms with Crippen molar-refractivity contribution >= 4 is 5.91 Å². The van der Waals surface area contributed by atoms with Gasteiger partial charge in [0.05, 0.1) is 6.04 Å². The van der Waals surface area contributed by atoms with Crippen LogP contribution in [0.15, 0.2) is 35.8 Å². The monoisotopic (exact) mass is 218 g/mol. The molecule has 0 radical (unpaired) electrons. The average Bonchev–Trinajstić information content (AvgIpc) is 2.20. The van der Waals surface area contributed by atoms with Gasteiger partial charge in [-0.05, 0) is 18.6 Å². The first-order valence-electron chi connectivity index (χ1n) is 5.22. The van der Waals surface area contributed by atoms with E-state index >= 15 is 0 Å². The molecule has 1 aliphatic rings. The van der Waals surface area contributed by atoms with Crippen molar-refractivity contribution in [2.24, 2.45) is 0 Å². The maximum Gasteiger partial charge on any atom is 0.250 e. The molecule has 1 aromatic heterocycles. The number of rotatable bonds is 2. The highest BCUT2D eigenvalue weighted by Gasteiger charge is 2.30. The Labute approximate surface area is 93.8 Å². The van der Waals surface area contributed by atoms with Crippen molar-refractivity contribution < 1.29 is 4.79 Å². The highest BCUT2D eigenvalue weighted by atomic mass is 16.2. The third-order valence-electron chi connectivity index (χ3n) is 2.83. The highest BCUT2D eigenvalue weighted by molar-refractivity contribution is 5.87. The Morgan fingerprint density at radius 1 is 1.50 bits per heavy atom. The molecular formula is C12H14N2O2. The van der Waals surface area contributed by atoms with E-state index in [9.17, 15) is 9.59 Å². The van der Waals surface area contributed by atoms with Crippen LogP contribution in [0.1, 0.15) is 11.6 Å². The predicted octanol–water partition coefficient (Wildman–Crippen LogP) is 0.726. The summed E-state index contributed by atoms with van der Waals surface area (Å²) in [5.41, 5.74) is 1.04. The highest BCUT2D eigenvalue weighted by Crippen LogP contribution is 2.19. The number of carbonyl (C=O) groups excluding carboxylic acids is 1. The molecule has 1 saturated heterocycles. The second-order valence-corrected chi connectivity index (χ2v) is 4.05. The maximum absolute atomic E-state index is 11.6. The molecule has 16 heavy (non-hydrogen) atoms. The fourth-order valence-corrected chi connectivity index (χ4v) is 1.84. The third-order valence-corrected chi connectivity index (χ3v) is 2.83. The molecule has 84 valence electrons. The predicted molar refractivity (Wildman–Crippen MR) is 61.3 cm³/mol. The summed E-state index contributed by atoms with van der Waals surface area (Å²) in [4.78, 5) is 24.5. The van der Waals surface area contributed by atoms with Gasteiger partial charge in [-0.25, -0.2) is 0 Å². The zero-order valence-corrected chi connectivity index (χ0v) is 9.22. The van der Waals surface area contributed by atoms with Crippen LogP contribution in [0.25, 0.3) is 0 Å². The minimum atomic E-state index is -0.0723. The minimum absolute atomic E-state index is 0.0127. The molecular weight excluding hydrogens is 204 g/mol. The number of likely N-dealkylation sites (tertiary alicyclic amines) is 1. The van der Waals surface area contributed by atoms with Gasteiger partial charge < -0.3 is 9.47 Å². The molecule has 0 aromatic carbocycles. The van der Waals surface area contributed by atoms with Crippen LogP contribution < -0.4 is 5.56 Å². The quantitative estimate of drug-likeness (QED) is 0.687. The van der Waals surface area contributed by atoms with Crippen LogP contribution in [-0.4, -0.2) is 28.5 Å². The van der Waals surface area contributed by atoms with Crippen molar-refractivity contribution in [3.05, 3.63) is 46.9 Å². The van der Waals surface area contributed by atoms with Crippen LogP contribution in [0.4, 0.5) is 0 Å². The van der Waals surface area contributed by atoms with E-state index in [4.69, 9.17) is 0 Å². The summed E-state index contributed by atoms with van der Waals surface area (Å²) < 4.78 is 1.70. The first-order chi connectivity index (χ1) is 7.61. The van der Waals surface area contributed by atoms with Crippen LogP contribution >= 0.6 is 0 Å². The molecule has 4 heteroatoms. The summed E-state index contributed by atoms with van der Waals surface area (Å²) in [6, 6.07) is 3.47. The second-order valence-electron chi connectivity index (χ2n) is 4.05. The van der Waals surface area contributed by atoms with E-state index in [0.717, 1.165) is 5.56 Å². The molecule has 1 amide bonds. The molecule has 0 N–H and O–H groups in total. The number of hydrogen-bond acceptors (Lipinski definition) is 2. The zero-order chi connectivity index (χ0) is 11.7. The largest absolute Gasteiger partial charge is 0.335 e. The van der Waals surface area contributed by atoms with Gasteiger partial charge in [0.15, 0.2) is 0 Å². The molecule has 2 rings (SSSR count). The van der Waals surface area contributed by atoms with Gasteiger partial charge in [0.2, 0.25) is 5.91 Å². The molecule has 1 aliphatic heterocycles. The smallest absolute Gasteiger partial charge is 0.250 e. The lowest BCUT2D eigenvalue weighted by atomic mass is 10.1. The van der Waals surface area contributed by atoms with Gasteiger partial charge in [-0.3, -0.25) is 9.59 Å². The van der Waals surface area contributed by atoms with Gasteiger partial charge >= 0.3 is 0 Å². The summed E-state index contributed by atoms with van der Waals surface area (Å²) in [6.07, 6.45) is 3.14. The minimum Gasteiger partial charge on any atom is -0.335 e. The summed E-state index contributed by atoms with van der Waals surface area (Å²) in [6.45, 7) is 6.56. The Kier molecular flexibility index (Phi) is 2.64. The molecule has 4 nitrogen and oxygen atoms in total. The fraction of sp³-hybridized carbons (Fsp3) is 0.333. The van der Waals surface area contributed by atoms with Crippen molar-refractivity contribution in [3.63, 3.8) is 0 Å². The van der Waals surface area contributed by atoms with E-state index in [1.54, 1.807) is 21.6 Å². The molecule has 0 aliphatic carbocycles. The summed E-state index contributed by atoms with van der Waals surface area (Å²) >= 11 is 0. The normalized spacial score (nSPS) is 15.7.